The molecule has 6 heteroatoms. The second kappa shape index (κ2) is 6.09. The van der Waals surface area contributed by atoms with Crippen LogP contribution in [0.15, 0.2) is 18.3 Å². The van der Waals surface area contributed by atoms with E-state index in [9.17, 15) is 4.79 Å². The van der Waals surface area contributed by atoms with Crippen molar-refractivity contribution in [1.82, 2.24) is 10.3 Å². The van der Waals surface area contributed by atoms with Crippen LogP contribution in [0.3, 0.4) is 0 Å². The van der Waals surface area contributed by atoms with Crippen LogP contribution in [-0.4, -0.2) is 50.3 Å². The van der Waals surface area contributed by atoms with E-state index >= 15 is 0 Å². The standard InChI is InChI=1S/C17H24N4O2/c22-16(14-11-17(14)3-5-18-6-4-17)20-13-1-2-15(19-12-13)21-7-9-23-10-8-21/h1-2,12,14,18H,3-11H2,(H,20,22). The number of aromatic nitrogens is 1. The number of piperidine rings is 1. The number of nitrogens with zero attached hydrogens (tertiary/aromatic N) is 2. The first-order valence-electron chi connectivity index (χ1n) is 8.57. The maximum atomic E-state index is 12.4. The van der Waals surface area contributed by atoms with E-state index in [1.807, 2.05) is 12.1 Å². The van der Waals surface area contributed by atoms with Crippen molar-refractivity contribution < 1.29 is 9.53 Å². The van der Waals surface area contributed by atoms with Gasteiger partial charge in [-0.15, -0.1) is 0 Å². The van der Waals surface area contributed by atoms with Crippen molar-refractivity contribution in [3.8, 4) is 0 Å². The Hall–Kier alpha value is -1.66. The topological polar surface area (TPSA) is 66.5 Å². The molecule has 1 aromatic heterocycles. The highest BCUT2D eigenvalue weighted by Crippen LogP contribution is 2.58. The van der Waals surface area contributed by atoms with Crippen LogP contribution in [0.2, 0.25) is 0 Å². The molecule has 0 radical (unpaired) electrons. The lowest BCUT2D eigenvalue weighted by Crippen LogP contribution is -2.36. The summed E-state index contributed by atoms with van der Waals surface area (Å²) in [5.74, 6) is 1.30. The molecular formula is C17H24N4O2. The molecule has 1 aromatic rings. The quantitative estimate of drug-likeness (QED) is 0.878. The van der Waals surface area contributed by atoms with Gasteiger partial charge in [-0.05, 0) is 49.9 Å². The fourth-order valence-corrected chi connectivity index (χ4v) is 3.86. The van der Waals surface area contributed by atoms with Gasteiger partial charge in [0, 0.05) is 19.0 Å². The molecule has 1 aliphatic carbocycles. The Morgan fingerprint density at radius 1 is 1.30 bits per heavy atom. The number of ether oxygens (including phenoxy) is 1. The van der Waals surface area contributed by atoms with Crippen LogP contribution in [0.1, 0.15) is 19.3 Å². The van der Waals surface area contributed by atoms with Gasteiger partial charge < -0.3 is 20.3 Å². The first-order valence-corrected chi connectivity index (χ1v) is 8.57. The van der Waals surface area contributed by atoms with Crippen molar-refractivity contribution in [2.45, 2.75) is 19.3 Å². The fourth-order valence-electron chi connectivity index (χ4n) is 3.86. The molecule has 1 atom stereocenters. The highest BCUT2D eigenvalue weighted by Gasteiger charge is 2.57. The van der Waals surface area contributed by atoms with Gasteiger partial charge in [-0.25, -0.2) is 4.98 Å². The third-order valence-corrected chi connectivity index (χ3v) is 5.46. The van der Waals surface area contributed by atoms with E-state index in [-0.39, 0.29) is 17.2 Å². The Kier molecular flexibility index (Phi) is 3.95. The Balaban J connectivity index is 1.35. The van der Waals surface area contributed by atoms with Gasteiger partial charge in [-0.1, -0.05) is 0 Å². The number of rotatable bonds is 3. The maximum Gasteiger partial charge on any atom is 0.228 e. The lowest BCUT2D eigenvalue weighted by atomic mass is 9.92. The summed E-state index contributed by atoms with van der Waals surface area (Å²) in [4.78, 5) is 19.1. The highest BCUT2D eigenvalue weighted by atomic mass is 16.5. The van der Waals surface area contributed by atoms with E-state index in [2.05, 4.69) is 20.5 Å². The van der Waals surface area contributed by atoms with Crippen molar-refractivity contribution in [1.29, 1.82) is 0 Å². The van der Waals surface area contributed by atoms with E-state index in [0.717, 1.165) is 70.2 Å². The molecule has 1 unspecified atom stereocenters. The average Bonchev–Trinajstić information content (AvgIpc) is 3.30. The summed E-state index contributed by atoms with van der Waals surface area (Å²) in [7, 11) is 0. The number of pyridine rings is 1. The van der Waals surface area contributed by atoms with Crippen molar-refractivity contribution in [3.05, 3.63) is 18.3 Å². The summed E-state index contributed by atoms with van der Waals surface area (Å²) in [6, 6.07) is 3.93. The van der Waals surface area contributed by atoms with Crippen LogP contribution in [0.5, 0.6) is 0 Å². The Morgan fingerprint density at radius 3 is 2.78 bits per heavy atom. The molecule has 1 amide bonds. The van der Waals surface area contributed by atoms with Crippen LogP contribution < -0.4 is 15.5 Å². The number of carbonyl (C=O) groups is 1. The van der Waals surface area contributed by atoms with Gasteiger partial charge in [0.15, 0.2) is 0 Å². The predicted molar refractivity (Wildman–Crippen MR) is 88.5 cm³/mol. The summed E-state index contributed by atoms with van der Waals surface area (Å²) in [5.41, 5.74) is 1.07. The van der Waals surface area contributed by atoms with E-state index in [1.54, 1.807) is 6.20 Å². The molecule has 1 saturated carbocycles. The number of hydrogen-bond acceptors (Lipinski definition) is 5. The summed E-state index contributed by atoms with van der Waals surface area (Å²) in [6.07, 6.45) is 5.05. The van der Waals surface area contributed by atoms with Gasteiger partial charge >= 0.3 is 0 Å². The zero-order chi connectivity index (χ0) is 15.7. The largest absolute Gasteiger partial charge is 0.378 e. The van der Waals surface area contributed by atoms with Crippen molar-refractivity contribution in [2.75, 3.05) is 49.6 Å². The number of nitrogens with one attached hydrogen (secondary N) is 2. The predicted octanol–water partition coefficient (Wildman–Crippen LogP) is 1.25. The molecule has 3 heterocycles. The molecule has 0 bridgehead atoms. The van der Waals surface area contributed by atoms with Gasteiger partial charge in [0.2, 0.25) is 5.91 Å². The minimum atomic E-state index is 0.160. The Labute approximate surface area is 136 Å². The lowest BCUT2D eigenvalue weighted by molar-refractivity contribution is -0.118. The van der Waals surface area contributed by atoms with E-state index < -0.39 is 0 Å². The molecule has 3 aliphatic rings. The smallest absolute Gasteiger partial charge is 0.228 e. The molecular weight excluding hydrogens is 292 g/mol. The number of hydrogen-bond donors (Lipinski definition) is 2. The van der Waals surface area contributed by atoms with Crippen molar-refractivity contribution in [3.63, 3.8) is 0 Å². The molecule has 6 nitrogen and oxygen atoms in total. The first kappa shape index (κ1) is 14.9. The summed E-state index contributed by atoms with van der Waals surface area (Å²) in [5, 5.41) is 6.41. The zero-order valence-corrected chi connectivity index (χ0v) is 13.4. The normalized spacial score (nSPS) is 26.1. The van der Waals surface area contributed by atoms with Gasteiger partial charge in [0.05, 0.1) is 25.1 Å². The maximum absolute atomic E-state index is 12.4. The third-order valence-electron chi connectivity index (χ3n) is 5.46. The van der Waals surface area contributed by atoms with Gasteiger partial charge in [-0.3, -0.25) is 4.79 Å². The third kappa shape index (κ3) is 3.05. The molecule has 2 aliphatic heterocycles. The number of carbonyl (C=O) groups excluding carboxylic acids is 1. The molecule has 0 aromatic carbocycles. The van der Waals surface area contributed by atoms with E-state index in [1.165, 1.54) is 0 Å². The molecule has 3 fully saturated rings. The van der Waals surface area contributed by atoms with Crippen LogP contribution in [0, 0.1) is 11.3 Å². The summed E-state index contributed by atoms with van der Waals surface area (Å²) in [6.45, 7) is 5.32. The second-order valence-corrected chi connectivity index (χ2v) is 6.86. The number of amides is 1. The minimum absolute atomic E-state index is 0.160. The molecule has 2 saturated heterocycles. The fraction of sp³-hybridized carbons (Fsp3) is 0.647. The van der Waals surface area contributed by atoms with Gasteiger partial charge in [0.1, 0.15) is 5.82 Å². The average molecular weight is 316 g/mol. The highest BCUT2D eigenvalue weighted by molar-refractivity contribution is 5.95. The van der Waals surface area contributed by atoms with Crippen LogP contribution >= 0.6 is 0 Å². The van der Waals surface area contributed by atoms with E-state index in [4.69, 9.17) is 4.74 Å². The molecule has 124 valence electrons. The Morgan fingerprint density at radius 2 is 2.09 bits per heavy atom. The lowest BCUT2D eigenvalue weighted by Gasteiger charge is -2.27. The monoisotopic (exact) mass is 316 g/mol. The van der Waals surface area contributed by atoms with Gasteiger partial charge in [0.25, 0.3) is 0 Å². The minimum Gasteiger partial charge on any atom is -0.378 e. The Bertz CT molecular complexity index is 562. The summed E-state index contributed by atoms with van der Waals surface area (Å²) < 4.78 is 5.35. The summed E-state index contributed by atoms with van der Waals surface area (Å²) >= 11 is 0. The molecule has 4 rings (SSSR count). The zero-order valence-electron chi connectivity index (χ0n) is 13.4. The van der Waals surface area contributed by atoms with Crippen LogP contribution in [0.25, 0.3) is 0 Å². The van der Waals surface area contributed by atoms with Gasteiger partial charge in [-0.2, -0.15) is 0 Å². The van der Waals surface area contributed by atoms with Crippen LogP contribution in [-0.2, 0) is 9.53 Å². The number of morpholine rings is 1. The molecule has 23 heavy (non-hydrogen) atoms. The van der Waals surface area contributed by atoms with Crippen molar-refractivity contribution in [2.24, 2.45) is 11.3 Å². The number of anilines is 2. The second-order valence-electron chi connectivity index (χ2n) is 6.86. The van der Waals surface area contributed by atoms with Crippen LogP contribution in [0.4, 0.5) is 11.5 Å². The SMILES string of the molecule is O=C(Nc1ccc(N2CCOCC2)nc1)C1CC12CCNCC2. The first-order chi connectivity index (χ1) is 11.3. The van der Waals surface area contributed by atoms with E-state index in [0.29, 0.717) is 0 Å². The molecule has 1 spiro atoms. The van der Waals surface area contributed by atoms with Crippen molar-refractivity contribution >= 4 is 17.4 Å². The molecule has 2 N–H and O–H groups in total.